The van der Waals surface area contributed by atoms with Crippen LogP contribution in [-0.2, 0) is 0 Å². The Kier molecular flexibility index (Phi) is 5.47. The monoisotopic (exact) mass is 348 g/mol. The van der Waals surface area contributed by atoms with Crippen molar-refractivity contribution in [3.63, 3.8) is 0 Å². The Bertz CT molecular complexity index is 604. The number of aliphatic hydroxyl groups excluding tert-OH is 1. The highest BCUT2D eigenvalue weighted by Crippen LogP contribution is 2.17. The molecule has 1 aromatic heterocycles. The van der Waals surface area contributed by atoms with E-state index in [9.17, 15) is 9.90 Å². The smallest absolute Gasteiger partial charge is 0.270 e. The van der Waals surface area contributed by atoms with E-state index in [0.717, 1.165) is 5.56 Å². The van der Waals surface area contributed by atoms with Crippen LogP contribution < -0.4 is 5.32 Å². The second-order valence-electron chi connectivity index (χ2n) is 4.88. The molecule has 0 spiro atoms. The number of halogens is 1. The molecule has 1 aromatic carbocycles. The van der Waals surface area contributed by atoms with Crippen molar-refractivity contribution in [2.75, 3.05) is 0 Å². The average molecular weight is 349 g/mol. The van der Waals surface area contributed by atoms with Crippen molar-refractivity contribution in [3.8, 4) is 0 Å². The van der Waals surface area contributed by atoms with Crippen LogP contribution in [0.2, 0.25) is 0 Å². The number of carbonyl (C=O) groups excluding carboxylic acids is 1. The summed E-state index contributed by atoms with van der Waals surface area (Å²) in [6.45, 7) is 1.86. The number of aromatic nitrogens is 1. The summed E-state index contributed by atoms with van der Waals surface area (Å²) in [5.74, 6) is -0.246. The molecule has 1 heterocycles. The highest BCUT2D eigenvalue weighted by Gasteiger charge is 2.15. The normalized spacial score (nSPS) is 13.5. The van der Waals surface area contributed by atoms with E-state index < -0.39 is 6.10 Å². The van der Waals surface area contributed by atoms with Crippen molar-refractivity contribution in [3.05, 3.63) is 64.4 Å². The summed E-state index contributed by atoms with van der Waals surface area (Å²) in [5, 5.41) is 13.0. The fourth-order valence-corrected chi connectivity index (χ4v) is 2.38. The number of nitrogens with one attached hydrogen (secondary N) is 1. The van der Waals surface area contributed by atoms with Gasteiger partial charge in [0, 0.05) is 6.04 Å². The lowest BCUT2D eigenvalue weighted by Gasteiger charge is -2.18. The van der Waals surface area contributed by atoms with Crippen LogP contribution in [0.5, 0.6) is 0 Å². The molecule has 2 unspecified atom stereocenters. The minimum atomic E-state index is -0.600. The Balaban J connectivity index is 1.92. The highest BCUT2D eigenvalue weighted by molar-refractivity contribution is 9.10. The number of pyridine rings is 1. The van der Waals surface area contributed by atoms with Crippen LogP contribution in [-0.4, -0.2) is 22.0 Å². The molecule has 21 heavy (non-hydrogen) atoms. The zero-order valence-electron chi connectivity index (χ0n) is 11.7. The fourth-order valence-electron chi connectivity index (χ4n) is 2.04. The minimum absolute atomic E-state index is 0.159. The van der Waals surface area contributed by atoms with Crippen molar-refractivity contribution in [1.82, 2.24) is 10.3 Å². The first-order chi connectivity index (χ1) is 10.1. The van der Waals surface area contributed by atoms with Crippen molar-refractivity contribution in [1.29, 1.82) is 0 Å². The average Bonchev–Trinajstić information content (AvgIpc) is 2.48. The minimum Gasteiger partial charge on any atom is -0.388 e. The molecule has 0 bridgehead atoms. The third-order valence-electron chi connectivity index (χ3n) is 3.09. The second kappa shape index (κ2) is 7.33. The molecule has 0 saturated carbocycles. The first kappa shape index (κ1) is 15.7. The predicted molar refractivity (Wildman–Crippen MR) is 84.9 cm³/mol. The number of hydrogen-bond acceptors (Lipinski definition) is 3. The van der Waals surface area contributed by atoms with Gasteiger partial charge < -0.3 is 10.4 Å². The van der Waals surface area contributed by atoms with Gasteiger partial charge in [-0.3, -0.25) is 4.79 Å². The molecule has 2 rings (SSSR count). The van der Waals surface area contributed by atoms with Crippen LogP contribution in [0.15, 0.2) is 53.1 Å². The molecule has 0 radical (unpaired) electrons. The van der Waals surface area contributed by atoms with E-state index in [4.69, 9.17) is 0 Å². The highest BCUT2D eigenvalue weighted by atomic mass is 79.9. The van der Waals surface area contributed by atoms with E-state index >= 15 is 0 Å². The van der Waals surface area contributed by atoms with Gasteiger partial charge in [0.05, 0.1) is 6.10 Å². The van der Waals surface area contributed by atoms with E-state index in [1.807, 2.05) is 37.3 Å². The summed E-state index contributed by atoms with van der Waals surface area (Å²) >= 11 is 3.24. The van der Waals surface area contributed by atoms with E-state index in [1.54, 1.807) is 18.2 Å². The molecule has 0 aliphatic heterocycles. The SMILES string of the molecule is CC(CC(O)c1ccccc1)NC(=O)c1cccc(Br)n1. The van der Waals surface area contributed by atoms with Crippen molar-refractivity contribution >= 4 is 21.8 Å². The summed E-state index contributed by atoms with van der Waals surface area (Å²) in [6, 6.07) is 14.4. The largest absolute Gasteiger partial charge is 0.388 e. The van der Waals surface area contributed by atoms with Gasteiger partial charge >= 0.3 is 0 Å². The van der Waals surface area contributed by atoms with Gasteiger partial charge in [0.2, 0.25) is 0 Å². The lowest BCUT2D eigenvalue weighted by molar-refractivity contribution is 0.0912. The Hall–Kier alpha value is -1.72. The van der Waals surface area contributed by atoms with Crippen molar-refractivity contribution in [2.24, 2.45) is 0 Å². The van der Waals surface area contributed by atoms with E-state index in [0.29, 0.717) is 16.7 Å². The molecule has 0 saturated heterocycles. The zero-order chi connectivity index (χ0) is 15.2. The first-order valence-corrected chi connectivity index (χ1v) is 7.52. The molecule has 0 fully saturated rings. The number of hydrogen-bond donors (Lipinski definition) is 2. The summed E-state index contributed by atoms with van der Waals surface area (Å²) in [4.78, 5) is 16.2. The van der Waals surface area contributed by atoms with Gasteiger partial charge in [-0.15, -0.1) is 0 Å². The second-order valence-corrected chi connectivity index (χ2v) is 5.69. The third-order valence-corrected chi connectivity index (χ3v) is 3.53. The molecule has 1 amide bonds. The number of amides is 1. The van der Waals surface area contributed by atoms with Crippen LogP contribution in [0, 0.1) is 0 Å². The zero-order valence-corrected chi connectivity index (χ0v) is 13.2. The van der Waals surface area contributed by atoms with Crippen LogP contribution in [0.3, 0.4) is 0 Å². The van der Waals surface area contributed by atoms with Crippen molar-refractivity contribution in [2.45, 2.75) is 25.5 Å². The van der Waals surface area contributed by atoms with Crippen LogP contribution in [0.25, 0.3) is 0 Å². The van der Waals surface area contributed by atoms with Crippen LogP contribution in [0.1, 0.15) is 35.5 Å². The fraction of sp³-hybridized carbons (Fsp3) is 0.250. The standard InChI is InChI=1S/C16H17BrN2O2/c1-11(10-14(20)12-6-3-2-4-7-12)18-16(21)13-8-5-9-15(17)19-13/h2-9,11,14,20H,10H2,1H3,(H,18,21). The summed E-state index contributed by atoms with van der Waals surface area (Å²) in [5.41, 5.74) is 1.20. The molecule has 110 valence electrons. The Morgan fingerprint density at radius 2 is 1.95 bits per heavy atom. The number of rotatable bonds is 5. The summed E-state index contributed by atoms with van der Waals surface area (Å²) in [6.07, 6.45) is -0.152. The number of benzene rings is 1. The van der Waals surface area contributed by atoms with Gasteiger partial charge in [0.25, 0.3) is 5.91 Å². The molecule has 5 heteroatoms. The molecular weight excluding hydrogens is 332 g/mol. The molecule has 0 aliphatic carbocycles. The Morgan fingerprint density at radius 3 is 2.62 bits per heavy atom. The van der Waals surface area contributed by atoms with E-state index in [1.165, 1.54) is 0 Å². The summed E-state index contributed by atoms with van der Waals surface area (Å²) < 4.78 is 0.618. The Labute approximate surface area is 132 Å². The predicted octanol–water partition coefficient (Wildman–Crippen LogP) is 3.09. The molecule has 2 aromatic rings. The van der Waals surface area contributed by atoms with Gasteiger partial charge in [0.1, 0.15) is 10.3 Å². The van der Waals surface area contributed by atoms with E-state index in [-0.39, 0.29) is 11.9 Å². The molecule has 2 atom stereocenters. The third kappa shape index (κ3) is 4.65. The molecule has 2 N–H and O–H groups in total. The first-order valence-electron chi connectivity index (χ1n) is 6.72. The van der Waals surface area contributed by atoms with E-state index in [2.05, 4.69) is 26.2 Å². The van der Waals surface area contributed by atoms with Gasteiger partial charge in [-0.05, 0) is 47.0 Å². The summed E-state index contributed by atoms with van der Waals surface area (Å²) in [7, 11) is 0. The topological polar surface area (TPSA) is 62.2 Å². The Morgan fingerprint density at radius 1 is 1.24 bits per heavy atom. The van der Waals surface area contributed by atoms with Crippen molar-refractivity contribution < 1.29 is 9.90 Å². The van der Waals surface area contributed by atoms with Crippen LogP contribution in [0.4, 0.5) is 0 Å². The lowest BCUT2D eigenvalue weighted by Crippen LogP contribution is -2.34. The maximum atomic E-state index is 12.0. The van der Waals surface area contributed by atoms with Gasteiger partial charge in [-0.25, -0.2) is 4.98 Å². The molecule has 0 aliphatic rings. The van der Waals surface area contributed by atoms with Gasteiger partial charge in [0.15, 0.2) is 0 Å². The maximum absolute atomic E-state index is 12.0. The van der Waals surface area contributed by atoms with Gasteiger partial charge in [-0.1, -0.05) is 36.4 Å². The quantitative estimate of drug-likeness (QED) is 0.816. The lowest BCUT2D eigenvalue weighted by atomic mass is 10.0. The molecular formula is C16H17BrN2O2. The van der Waals surface area contributed by atoms with Crippen LogP contribution >= 0.6 is 15.9 Å². The molecule has 4 nitrogen and oxygen atoms in total. The van der Waals surface area contributed by atoms with Gasteiger partial charge in [-0.2, -0.15) is 0 Å². The maximum Gasteiger partial charge on any atom is 0.270 e. The number of carbonyl (C=O) groups is 1. The number of nitrogens with zero attached hydrogens (tertiary/aromatic N) is 1. The number of aliphatic hydroxyl groups is 1.